The van der Waals surface area contributed by atoms with Gasteiger partial charge in [0.1, 0.15) is 0 Å². The van der Waals surface area contributed by atoms with E-state index < -0.39 is 5.76 Å². The predicted octanol–water partition coefficient (Wildman–Crippen LogP) is 4.36. The fourth-order valence-corrected chi connectivity index (χ4v) is 3.59. The third kappa shape index (κ3) is 5.37. The van der Waals surface area contributed by atoms with Crippen LogP contribution in [0.2, 0.25) is 5.02 Å². The lowest BCUT2D eigenvalue weighted by Crippen LogP contribution is -2.16. The third-order valence-corrected chi connectivity index (χ3v) is 5.34. The maximum absolute atomic E-state index is 12.3. The summed E-state index contributed by atoms with van der Waals surface area (Å²) in [4.78, 5) is 12.5. The number of halogens is 3. The van der Waals surface area contributed by atoms with Gasteiger partial charge in [-0.25, -0.2) is 4.68 Å². The first-order chi connectivity index (χ1) is 13.4. The van der Waals surface area contributed by atoms with Gasteiger partial charge in [-0.2, -0.15) is 8.78 Å². The van der Waals surface area contributed by atoms with Crippen molar-refractivity contribution >= 4 is 46.7 Å². The number of hydrogen-bond acceptors (Lipinski definition) is 6. The van der Waals surface area contributed by atoms with Crippen LogP contribution in [0.1, 0.15) is 0 Å². The van der Waals surface area contributed by atoms with E-state index in [0.717, 1.165) is 11.8 Å². The number of alkyl halides is 2. The topological polar surface area (TPSA) is 85.8 Å². The number of nitrogens with zero attached hydrogens (tertiary/aromatic N) is 3. The SMILES string of the molecule is Nn1c(SCC(=O)Nc2ccc(SC(F)F)cc2)nnc1-c1cccc(Cl)c1. The molecule has 0 aliphatic carbocycles. The molecule has 3 aromatic rings. The summed E-state index contributed by atoms with van der Waals surface area (Å²) in [5.41, 5.74) is 1.22. The van der Waals surface area contributed by atoms with Crippen LogP contribution >= 0.6 is 35.1 Å². The normalized spacial score (nSPS) is 11.0. The van der Waals surface area contributed by atoms with Crippen LogP contribution in [0, 0.1) is 0 Å². The van der Waals surface area contributed by atoms with E-state index in [0.29, 0.717) is 43.9 Å². The first kappa shape index (κ1) is 20.4. The Morgan fingerprint density at radius 2 is 1.96 bits per heavy atom. The van der Waals surface area contributed by atoms with Gasteiger partial charge in [-0.05, 0) is 36.4 Å². The Morgan fingerprint density at radius 1 is 1.21 bits per heavy atom. The molecule has 0 bridgehead atoms. The Bertz CT molecular complexity index is 968. The van der Waals surface area contributed by atoms with Crippen molar-refractivity contribution in [2.45, 2.75) is 15.8 Å². The number of benzene rings is 2. The maximum atomic E-state index is 12.3. The highest BCUT2D eigenvalue weighted by molar-refractivity contribution is 8.00. The molecule has 0 radical (unpaired) electrons. The average Bonchev–Trinajstić information content (AvgIpc) is 3.02. The highest BCUT2D eigenvalue weighted by Crippen LogP contribution is 2.27. The molecule has 11 heteroatoms. The Morgan fingerprint density at radius 3 is 2.64 bits per heavy atom. The first-order valence-electron chi connectivity index (χ1n) is 7.86. The second-order valence-corrected chi connectivity index (χ2v) is 7.87. The minimum atomic E-state index is -2.48. The number of hydrogen-bond donors (Lipinski definition) is 2. The van der Waals surface area contributed by atoms with Crippen molar-refractivity contribution in [1.29, 1.82) is 0 Å². The standard InChI is InChI=1S/C17H14ClF2N5OS2/c18-11-3-1-2-10(8-11)15-23-24-17(25(15)21)27-9-14(26)22-12-4-6-13(7-5-12)28-16(19)20/h1-8,16H,9,21H2,(H,22,26). The number of aromatic nitrogens is 3. The molecular weight excluding hydrogens is 428 g/mol. The Kier molecular flexibility index (Phi) is 6.76. The zero-order chi connectivity index (χ0) is 20.1. The molecule has 146 valence electrons. The van der Waals surface area contributed by atoms with Crippen molar-refractivity contribution in [3.8, 4) is 11.4 Å². The molecule has 0 saturated heterocycles. The lowest BCUT2D eigenvalue weighted by atomic mass is 10.2. The fourth-order valence-electron chi connectivity index (χ4n) is 2.25. The molecule has 3 N–H and O–H groups in total. The van der Waals surface area contributed by atoms with E-state index in [9.17, 15) is 13.6 Å². The molecule has 28 heavy (non-hydrogen) atoms. The van der Waals surface area contributed by atoms with Crippen LogP contribution in [-0.2, 0) is 4.79 Å². The summed E-state index contributed by atoms with van der Waals surface area (Å²) in [7, 11) is 0. The van der Waals surface area contributed by atoms with Gasteiger partial charge in [0.25, 0.3) is 5.76 Å². The van der Waals surface area contributed by atoms with Gasteiger partial charge in [-0.1, -0.05) is 47.3 Å². The lowest BCUT2D eigenvalue weighted by Gasteiger charge is -2.07. The zero-order valence-electron chi connectivity index (χ0n) is 14.2. The molecule has 0 spiro atoms. The predicted molar refractivity (Wildman–Crippen MR) is 108 cm³/mol. The lowest BCUT2D eigenvalue weighted by molar-refractivity contribution is -0.113. The van der Waals surface area contributed by atoms with E-state index in [1.807, 2.05) is 0 Å². The Hall–Kier alpha value is -2.30. The van der Waals surface area contributed by atoms with E-state index in [4.69, 9.17) is 17.4 Å². The Labute approximate surface area is 172 Å². The minimum absolute atomic E-state index is 0.0540. The van der Waals surface area contributed by atoms with Crippen molar-refractivity contribution in [1.82, 2.24) is 14.9 Å². The summed E-state index contributed by atoms with van der Waals surface area (Å²) in [6, 6.07) is 13.2. The van der Waals surface area contributed by atoms with Crippen molar-refractivity contribution in [2.75, 3.05) is 16.9 Å². The number of carbonyl (C=O) groups is 1. The van der Waals surface area contributed by atoms with Crippen molar-refractivity contribution in [2.24, 2.45) is 0 Å². The largest absolute Gasteiger partial charge is 0.335 e. The van der Waals surface area contributed by atoms with Crippen LogP contribution in [0.5, 0.6) is 0 Å². The van der Waals surface area contributed by atoms with E-state index in [-0.39, 0.29) is 11.7 Å². The van der Waals surface area contributed by atoms with Crippen molar-refractivity contribution in [3.63, 3.8) is 0 Å². The molecule has 0 aliphatic heterocycles. The van der Waals surface area contributed by atoms with Gasteiger partial charge in [0.05, 0.1) is 5.75 Å². The second-order valence-electron chi connectivity index (χ2n) is 5.43. The molecule has 0 aliphatic rings. The number of nitrogen functional groups attached to an aromatic ring is 1. The summed E-state index contributed by atoms with van der Waals surface area (Å²) in [6.07, 6.45) is 0. The van der Waals surface area contributed by atoms with Gasteiger partial charge in [0, 0.05) is 21.2 Å². The smallest absolute Gasteiger partial charge is 0.288 e. The molecule has 1 aromatic heterocycles. The molecule has 1 amide bonds. The molecule has 3 rings (SSSR count). The van der Waals surface area contributed by atoms with Gasteiger partial charge in [0.2, 0.25) is 11.1 Å². The molecule has 0 fully saturated rings. The summed E-state index contributed by atoms with van der Waals surface area (Å²) in [5, 5.41) is 11.6. The van der Waals surface area contributed by atoms with Crippen LogP contribution in [0.4, 0.5) is 14.5 Å². The van der Waals surface area contributed by atoms with E-state index >= 15 is 0 Å². The van der Waals surface area contributed by atoms with E-state index in [1.165, 1.54) is 16.8 Å². The average molecular weight is 442 g/mol. The van der Waals surface area contributed by atoms with Crippen LogP contribution in [-0.4, -0.2) is 32.3 Å². The van der Waals surface area contributed by atoms with E-state index in [1.54, 1.807) is 36.4 Å². The van der Waals surface area contributed by atoms with Crippen LogP contribution in [0.25, 0.3) is 11.4 Å². The van der Waals surface area contributed by atoms with E-state index in [2.05, 4.69) is 15.5 Å². The van der Waals surface area contributed by atoms with Crippen LogP contribution < -0.4 is 11.2 Å². The summed E-state index contributed by atoms with van der Waals surface area (Å²) in [5.74, 6) is 3.73. The highest BCUT2D eigenvalue weighted by atomic mass is 35.5. The molecule has 6 nitrogen and oxygen atoms in total. The van der Waals surface area contributed by atoms with Crippen LogP contribution in [0.15, 0.2) is 58.6 Å². The maximum Gasteiger partial charge on any atom is 0.288 e. The van der Waals surface area contributed by atoms with Crippen LogP contribution in [0.3, 0.4) is 0 Å². The number of carbonyl (C=O) groups excluding carboxylic acids is 1. The molecule has 2 aromatic carbocycles. The molecular formula is C17H14ClF2N5OS2. The van der Waals surface area contributed by atoms with Gasteiger partial charge in [-0.3, -0.25) is 4.79 Å². The van der Waals surface area contributed by atoms with Gasteiger partial charge >= 0.3 is 0 Å². The quantitative estimate of drug-likeness (QED) is 0.418. The Balaban J connectivity index is 1.58. The summed E-state index contributed by atoms with van der Waals surface area (Å²) in [6.45, 7) is 0. The molecule has 1 heterocycles. The number of rotatable bonds is 7. The zero-order valence-corrected chi connectivity index (χ0v) is 16.6. The molecule has 0 atom stereocenters. The van der Waals surface area contributed by atoms with Crippen molar-refractivity contribution in [3.05, 3.63) is 53.6 Å². The second kappa shape index (κ2) is 9.26. The fraction of sp³-hybridized carbons (Fsp3) is 0.118. The van der Waals surface area contributed by atoms with Gasteiger partial charge < -0.3 is 11.2 Å². The number of thioether (sulfide) groups is 2. The number of anilines is 1. The van der Waals surface area contributed by atoms with Crippen molar-refractivity contribution < 1.29 is 13.6 Å². The number of amides is 1. The number of nitrogens with two attached hydrogens (primary N) is 1. The first-order valence-corrected chi connectivity index (χ1v) is 10.1. The summed E-state index contributed by atoms with van der Waals surface area (Å²) >= 11 is 7.54. The third-order valence-electron chi connectivity index (χ3n) is 3.44. The highest BCUT2D eigenvalue weighted by Gasteiger charge is 2.14. The monoisotopic (exact) mass is 441 g/mol. The molecule has 0 saturated carbocycles. The van der Waals surface area contributed by atoms with Gasteiger partial charge in [0.15, 0.2) is 5.82 Å². The van der Waals surface area contributed by atoms with Gasteiger partial charge in [-0.15, -0.1) is 10.2 Å². The molecule has 0 unspecified atom stereocenters. The minimum Gasteiger partial charge on any atom is -0.335 e. The number of nitrogens with one attached hydrogen (secondary N) is 1. The summed E-state index contributed by atoms with van der Waals surface area (Å²) < 4.78 is 25.9.